The Morgan fingerprint density at radius 2 is 1.83 bits per heavy atom. The first-order valence-corrected chi connectivity index (χ1v) is 6.82. The molecule has 0 amide bonds. The number of benzene rings is 2. The van der Waals surface area contributed by atoms with Crippen LogP contribution < -0.4 is 10.1 Å². The normalized spacial score (nSPS) is 10.1. The van der Waals surface area contributed by atoms with E-state index in [1.807, 2.05) is 26.1 Å². The van der Waals surface area contributed by atoms with E-state index in [1.54, 1.807) is 11.8 Å². The standard InChI is InChI=1S/C15H17NOS/c1-3-17-13-7-9-14(10-8-13)18-15-6-4-5-12(11-15)16-2/h4-11,16H,3H2,1-2H3. The van der Waals surface area contributed by atoms with Crippen molar-refractivity contribution in [2.45, 2.75) is 16.7 Å². The minimum absolute atomic E-state index is 0.705. The second-order valence-corrected chi connectivity index (χ2v) is 4.93. The molecule has 0 aliphatic carbocycles. The first-order valence-electron chi connectivity index (χ1n) is 6.00. The Kier molecular flexibility index (Phi) is 4.53. The molecule has 2 aromatic rings. The monoisotopic (exact) mass is 259 g/mol. The summed E-state index contributed by atoms with van der Waals surface area (Å²) < 4.78 is 5.43. The molecule has 2 aromatic carbocycles. The van der Waals surface area contributed by atoms with Crippen molar-refractivity contribution in [1.82, 2.24) is 0 Å². The Hall–Kier alpha value is -1.61. The number of hydrogen-bond donors (Lipinski definition) is 1. The summed E-state index contributed by atoms with van der Waals surface area (Å²) in [7, 11) is 1.93. The maximum atomic E-state index is 5.43. The van der Waals surface area contributed by atoms with Gasteiger partial charge < -0.3 is 10.1 Å². The van der Waals surface area contributed by atoms with Crippen molar-refractivity contribution >= 4 is 17.4 Å². The number of nitrogens with one attached hydrogen (secondary N) is 1. The zero-order valence-corrected chi connectivity index (χ0v) is 11.5. The average molecular weight is 259 g/mol. The van der Waals surface area contributed by atoms with E-state index in [1.165, 1.54) is 9.79 Å². The smallest absolute Gasteiger partial charge is 0.119 e. The zero-order valence-electron chi connectivity index (χ0n) is 10.6. The lowest BCUT2D eigenvalue weighted by Gasteiger charge is -2.06. The van der Waals surface area contributed by atoms with E-state index in [9.17, 15) is 0 Å². The molecule has 0 aromatic heterocycles. The van der Waals surface area contributed by atoms with Crippen LogP contribution in [0.5, 0.6) is 5.75 Å². The third kappa shape index (κ3) is 3.44. The lowest BCUT2D eigenvalue weighted by Crippen LogP contribution is -1.90. The van der Waals surface area contributed by atoms with Crippen LogP contribution in [0.2, 0.25) is 0 Å². The van der Waals surface area contributed by atoms with Crippen LogP contribution in [0.25, 0.3) is 0 Å². The van der Waals surface area contributed by atoms with E-state index >= 15 is 0 Å². The topological polar surface area (TPSA) is 21.3 Å². The second kappa shape index (κ2) is 6.36. The van der Waals surface area contributed by atoms with Gasteiger partial charge in [0.05, 0.1) is 6.61 Å². The predicted molar refractivity (Wildman–Crippen MR) is 77.7 cm³/mol. The fourth-order valence-electron chi connectivity index (χ4n) is 1.62. The summed E-state index contributed by atoms with van der Waals surface area (Å²) in [4.78, 5) is 2.44. The van der Waals surface area contributed by atoms with Gasteiger partial charge in [-0.15, -0.1) is 0 Å². The minimum atomic E-state index is 0.705. The highest BCUT2D eigenvalue weighted by atomic mass is 32.2. The number of hydrogen-bond acceptors (Lipinski definition) is 3. The minimum Gasteiger partial charge on any atom is -0.494 e. The van der Waals surface area contributed by atoms with Crippen LogP contribution in [0, 0.1) is 0 Å². The van der Waals surface area contributed by atoms with Gasteiger partial charge >= 0.3 is 0 Å². The van der Waals surface area contributed by atoms with Crippen LogP contribution >= 0.6 is 11.8 Å². The summed E-state index contributed by atoms with van der Waals surface area (Å²) in [5.74, 6) is 0.922. The molecule has 0 bridgehead atoms. The van der Waals surface area contributed by atoms with Gasteiger partial charge in [-0.25, -0.2) is 0 Å². The molecule has 0 heterocycles. The molecule has 3 heteroatoms. The van der Waals surface area contributed by atoms with Crippen molar-refractivity contribution in [1.29, 1.82) is 0 Å². The highest BCUT2D eigenvalue weighted by molar-refractivity contribution is 7.99. The highest BCUT2D eigenvalue weighted by Gasteiger charge is 1.99. The van der Waals surface area contributed by atoms with Crippen LogP contribution in [0.4, 0.5) is 5.69 Å². The molecule has 0 aliphatic heterocycles. The largest absolute Gasteiger partial charge is 0.494 e. The highest BCUT2D eigenvalue weighted by Crippen LogP contribution is 2.30. The third-order valence-corrected chi connectivity index (χ3v) is 3.49. The van der Waals surface area contributed by atoms with Crippen LogP contribution in [0.3, 0.4) is 0 Å². The number of rotatable bonds is 5. The molecule has 1 N–H and O–H groups in total. The molecular formula is C15H17NOS. The third-order valence-electron chi connectivity index (χ3n) is 2.49. The van der Waals surface area contributed by atoms with Crippen LogP contribution in [-0.4, -0.2) is 13.7 Å². The summed E-state index contributed by atoms with van der Waals surface area (Å²) >= 11 is 1.75. The van der Waals surface area contributed by atoms with Crippen LogP contribution in [0.1, 0.15) is 6.92 Å². The molecule has 0 aliphatic rings. The van der Waals surface area contributed by atoms with Gasteiger partial charge in [0, 0.05) is 22.5 Å². The predicted octanol–water partition coefficient (Wildman–Crippen LogP) is 4.28. The Balaban J connectivity index is 2.08. The molecule has 2 rings (SSSR count). The Labute approximate surface area is 112 Å². The Morgan fingerprint density at radius 1 is 1.06 bits per heavy atom. The molecule has 0 spiro atoms. The van der Waals surface area contributed by atoms with E-state index in [0.29, 0.717) is 6.61 Å². The van der Waals surface area contributed by atoms with Crippen molar-refractivity contribution in [3.63, 3.8) is 0 Å². The maximum absolute atomic E-state index is 5.43. The first kappa shape index (κ1) is 12.8. The SMILES string of the molecule is CCOc1ccc(Sc2cccc(NC)c2)cc1. The molecule has 0 atom stereocenters. The fraction of sp³-hybridized carbons (Fsp3) is 0.200. The molecule has 0 unspecified atom stereocenters. The Morgan fingerprint density at radius 3 is 2.50 bits per heavy atom. The zero-order chi connectivity index (χ0) is 12.8. The van der Waals surface area contributed by atoms with Crippen molar-refractivity contribution in [3.05, 3.63) is 48.5 Å². The molecule has 2 nitrogen and oxygen atoms in total. The maximum Gasteiger partial charge on any atom is 0.119 e. The number of ether oxygens (including phenoxy) is 1. The summed E-state index contributed by atoms with van der Waals surface area (Å²) in [5.41, 5.74) is 1.13. The second-order valence-electron chi connectivity index (χ2n) is 3.78. The molecule has 0 radical (unpaired) electrons. The lowest BCUT2D eigenvalue weighted by atomic mass is 10.3. The van der Waals surface area contributed by atoms with Gasteiger partial charge in [0.15, 0.2) is 0 Å². The van der Waals surface area contributed by atoms with Crippen molar-refractivity contribution in [3.8, 4) is 5.75 Å². The van der Waals surface area contributed by atoms with Gasteiger partial charge in [0.1, 0.15) is 5.75 Å². The molecule has 0 saturated carbocycles. The first-order chi connectivity index (χ1) is 8.81. The average Bonchev–Trinajstić information content (AvgIpc) is 2.42. The van der Waals surface area contributed by atoms with Crippen LogP contribution in [0.15, 0.2) is 58.3 Å². The summed E-state index contributed by atoms with van der Waals surface area (Å²) in [5, 5.41) is 3.15. The van der Waals surface area contributed by atoms with Gasteiger partial charge in [-0.05, 0) is 49.4 Å². The van der Waals surface area contributed by atoms with E-state index in [-0.39, 0.29) is 0 Å². The fourth-order valence-corrected chi connectivity index (χ4v) is 2.50. The quantitative estimate of drug-likeness (QED) is 0.866. The van der Waals surface area contributed by atoms with E-state index < -0.39 is 0 Å². The molecule has 94 valence electrons. The van der Waals surface area contributed by atoms with Crippen molar-refractivity contribution < 1.29 is 4.74 Å². The van der Waals surface area contributed by atoms with E-state index in [4.69, 9.17) is 4.74 Å². The van der Waals surface area contributed by atoms with Gasteiger partial charge in [0.2, 0.25) is 0 Å². The van der Waals surface area contributed by atoms with Crippen molar-refractivity contribution in [2.24, 2.45) is 0 Å². The molecule has 18 heavy (non-hydrogen) atoms. The van der Waals surface area contributed by atoms with Crippen molar-refractivity contribution in [2.75, 3.05) is 19.0 Å². The summed E-state index contributed by atoms with van der Waals surface area (Å²) in [6.07, 6.45) is 0. The van der Waals surface area contributed by atoms with Gasteiger partial charge in [0.25, 0.3) is 0 Å². The van der Waals surface area contributed by atoms with Gasteiger partial charge in [-0.2, -0.15) is 0 Å². The summed E-state index contributed by atoms with van der Waals surface area (Å²) in [6, 6.07) is 16.6. The van der Waals surface area contributed by atoms with Crippen LogP contribution in [-0.2, 0) is 0 Å². The van der Waals surface area contributed by atoms with E-state index in [2.05, 4.69) is 41.7 Å². The summed E-state index contributed by atoms with van der Waals surface area (Å²) in [6.45, 7) is 2.70. The molecule has 0 saturated heterocycles. The molecular weight excluding hydrogens is 242 g/mol. The van der Waals surface area contributed by atoms with Gasteiger partial charge in [-0.1, -0.05) is 17.8 Å². The number of anilines is 1. The van der Waals surface area contributed by atoms with Gasteiger partial charge in [-0.3, -0.25) is 0 Å². The molecule has 0 fully saturated rings. The lowest BCUT2D eigenvalue weighted by molar-refractivity contribution is 0.340. The Bertz CT molecular complexity index is 496. The van der Waals surface area contributed by atoms with E-state index in [0.717, 1.165) is 11.4 Å².